The maximum Gasteiger partial charge on any atom is 0.278 e. The number of ether oxygens (including phenoxy) is 1. The molecule has 0 aliphatic heterocycles. The van der Waals surface area contributed by atoms with E-state index in [2.05, 4.69) is 32.4 Å². The van der Waals surface area contributed by atoms with Crippen molar-refractivity contribution in [2.24, 2.45) is 5.41 Å². The molecule has 2 fully saturated rings. The van der Waals surface area contributed by atoms with Crippen molar-refractivity contribution in [1.29, 1.82) is 0 Å². The average molecular weight is 341 g/mol. The van der Waals surface area contributed by atoms with E-state index < -0.39 is 0 Å². The first-order valence-corrected chi connectivity index (χ1v) is 8.94. The molecule has 0 unspecified atom stereocenters. The van der Waals surface area contributed by atoms with Crippen LogP contribution in [0.3, 0.4) is 0 Å². The molecule has 1 heterocycles. The average Bonchev–Trinajstić information content (AvgIpc) is 2.89. The zero-order valence-electron chi connectivity index (χ0n) is 14.5. The van der Waals surface area contributed by atoms with Gasteiger partial charge in [-0.25, -0.2) is 4.63 Å². The molecule has 0 bridgehead atoms. The third-order valence-corrected chi connectivity index (χ3v) is 5.84. The molecule has 6 nitrogen and oxygen atoms in total. The molecule has 2 aliphatic rings. The fraction of sp³-hybridized carbons (Fsp3) is 0.526. The van der Waals surface area contributed by atoms with Crippen LogP contribution in [0, 0.1) is 12.3 Å². The molecule has 132 valence electrons. The van der Waals surface area contributed by atoms with E-state index in [4.69, 9.17) is 4.74 Å². The van der Waals surface area contributed by atoms with Crippen LogP contribution >= 0.6 is 0 Å². The fourth-order valence-corrected chi connectivity index (χ4v) is 4.52. The first kappa shape index (κ1) is 16.1. The predicted molar refractivity (Wildman–Crippen MR) is 91.2 cm³/mol. The smallest absolute Gasteiger partial charge is 0.278 e. The van der Waals surface area contributed by atoms with Gasteiger partial charge in [-0.1, -0.05) is 48.3 Å². The third kappa shape index (κ3) is 2.60. The summed E-state index contributed by atoms with van der Waals surface area (Å²) in [5.41, 5.74) is 1.55. The lowest BCUT2D eigenvalue weighted by Crippen LogP contribution is -2.40. The molecule has 2 aliphatic carbocycles. The molecular formula is C19H23N3O3. The van der Waals surface area contributed by atoms with E-state index in [1.54, 1.807) is 6.92 Å². The first-order valence-electron chi connectivity index (χ1n) is 8.94. The molecule has 2 aromatic rings. The van der Waals surface area contributed by atoms with Crippen LogP contribution in [0.2, 0.25) is 0 Å². The zero-order chi connectivity index (χ0) is 17.3. The van der Waals surface area contributed by atoms with E-state index in [-0.39, 0.29) is 16.7 Å². The third-order valence-electron chi connectivity index (χ3n) is 5.84. The Balaban J connectivity index is 1.42. The lowest BCUT2D eigenvalue weighted by molar-refractivity contribution is -0.124. The van der Waals surface area contributed by atoms with Crippen LogP contribution in [-0.2, 0) is 10.2 Å². The largest absolute Gasteiger partial charge is 0.472 e. The number of aryl methyl sites for hydroxylation is 1. The van der Waals surface area contributed by atoms with Crippen LogP contribution in [0.1, 0.15) is 43.4 Å². The Bertz CT molecular complexity index is 752. The van der Waals surface area contributed by atoms with Crippen molar-refractivity contribution in [1.82, 2.24) is 15.6 Å². The van der Waals surface area contributed by atoms with Gasteiger partial charge in [0.15, 0.2) is 0 Å². The van der Waals surface area contributed by atoms with Gasteiger partial charge in [0, 0.05) is 0 Å². The summed E-state index contributed by atoms with van der Waals surface area (Å²) in [6.45, 7) is 2.55. The maximum atomic E-state index is 13.1. The SMILES string of the molecule is Cc1nonc1OCCNC(=O)[C@@]1(c2ccccc2)CC12CCCC2. The number of benzene rings is 1. The summed E-state index contributed by atoms with van der Waals surface area (Å²) < 4.78 is 10.1. The second-order valence-corrected chi connectivity index (χ2v) is 7.19. The summed E-state index contributed by atoms with van der Waals surface area (Å²) in [6.07, 6.45) is 5.71. The highest BCUT2D eigenvalue weighted by molar-refractivity contribution is 5.93. The quantitative estimate of drug-likeness (QED) is 0.818. The predicted octanol–water partition coefficient (Wildman–Crippen LogP) is 2.78. The summed E-state index contributed by atoms with van der Waals surface area (Å²) in [4.78, 5) is 13.1. The van der Waals surface area contributed by atoms with Crippen molar-refractivity contribution in [3.05, 3.63) is 41.6 Å². The van der Waals surface area contributed by atoms with E-state index in [0.29, 0.717) is 24.7 Å². The van der Waals surface area contributed by atoms with E-state index in [1.807, 2.05) is 18.2 Å². The molecule has 2 saturated carbocycles. The molecule has 4 rings (SSSR count). The maximum absolute atomic E-state index is 13.1. The highest BCUT2D eigenvalue weighted by Gasteiger charge is 2.72. The fourth-order valence-electron chi connectivity index (χ4n) is 4.52. The number of aromatic nitrogens is 2. The van der Waals surface area contributed by atoms with Crippen LogP contribution in [0.5, 0.6) is 5.88 Å². The van der Waals surface area contributed by atoms with E-state index in [1.165, 1.54) is 12.8 Å². The van der Waals surface area contributed by atoms with Crippen LogP contribution in [0.15, 0.2) is 35.0 Å². The standard InChI is InChI=1S/C19H23N3O3/c1-14-16(22-25-21-14)24-12-11-20-17(23)19(15-7-3-2-4-8-15)13-18(19)9-5-6-10-18/h2-4,7-8H,5-6,9-13H2,1H3,(H,20,23)/t19-/m0/s1. The van der Waals surface area contributed by atoms with E-state index in [0.717, 1.165) is 24.8 Å². The van der Waals surface area contributed by atoms with Crippen molar-refractivity contribution in [3.8, 4) is 5.88 Å². The summed E-state index contributed by atoms with van der Waals surface area (Å²) >= 11 is 0. The van der Waals surface area contributed by atoms with Gasteiger partial charge in [0.2, 0.25) is 5.91 Å². The molecule has 1 amide bonds. The number of amides is 1. The van der Waals surface area contributed by atoms with Crippen LogP contribution in [0.4, 0.5) is 0 Å². The molecular weight excluding hydrogens is 318 g/mol. The van der Waals surface area contributed by atoms with E-state index in [9.17, 15) is 4.79 Å². The topological polar surface area (TPSA) is 77.2 Å². The Kier molecular flexibility index (Phi) is 3.98. The van der Waals surface area contributed by atoms with Crippen molar-refractivity contribution in [2.45, 2.75) is 44.4 Å². The van der Waals surface area contributed by atoms with Crippen LogP contribution in [0.25, 0.3) is 0 Å². The molecule has 25 heavy (non-hydrogen) atoms. The van der Waals surface area contributed by atoms with Crippen molar-refractivity contribution < 1.29 is 14.2 Å². The number of nitrogens with zero attached hydrogens (tertiary/aromatic N) is 2. The van der Waals surface area contributed by atoms with Gasteiger partial charge in [-0.2, -0.15) is 0 Å². The molecule has 0 radical (unpaired) electrons. The van der Waals surface area contributed by atoms with Gasteiger partial charge >= 0.3 is 0 Å². The summed E-state index contributed by atoms with van der Waals surface area (Å²) in [7, 11) is 0. The van der Waals surface area contributed by atoms with Crippen LogP contribution in [-0.4, -0.2) is 29.4 Å². The van der Waals surface area contributed by atoms with Gasteiger partial charge in [-0.05, 0) is 42.3 Å². The molecule has 6 heteroatoms. The van der Waals surface area contributed by atoms with Gasteiger partial charge in [-0.15, -0.1) is 0 Å². The lowest BCUT2D eigenvalue weighted by Gasteiger charge is -2.22. The normalized spacial score (nSPS) is 23.6. The van der Waals surface area contributed by atoms with Gasteiger partial charge in [0.05, 0.1) is 12.0 Å². The van der Waals surface area contributed by atoms with Gasteiger partial charge in [0.25, 0.3) is 5.88 Å². The second-order valence-electron chi connectivity index (χ2n) is 7.19. The summed E-state index contributed by atoms with van der Waals surface area (Å²) in [5.74, 6) is 0.505. The second kappa shape index (κ2) is 6.17. The number of rotatable bonds is 6. The minimum atomic E-state index is -0.365. The zero-order valence-corrected chi connectivity index (χ0v) is 14.5. The van der Waals surface area contributed by atoms with Crippen molar-refractivity contribution >= 4 is 5.91 Å². The van der Waals surface area contributed by atoms with Gasteiger partial charge < -0.3 is 10.1 Å². The minimum Gasteiger partial charge on any atom is -0.472 e. The monoisotopic (exact) mass is 341 g/mol. The Hall–Kier alpha value is -2.37. The number of hydrogen-bond donors (Lipinski definition) is 1. The van der Waals surface area contributed by atoms with E-state index >= 15 is 0 Å². The van der Waals surface area contributed by atoms with Crippen molar-refractivity contribution in [3.63, 3.8) is 0 Å². The minimum absolute atomic E-state index is 0.124. The summed E-state index contributed by atoms with van der Waals surface area (Å²) in [5, 5.41) is 10.4. The molecule has 0 saturated heterocycles. The van der Waals surface area contributed by atoms with Gasteiger partial charge in [0.1, 0.15) is 12.3 Å². The first-order chi connectivity index (χ1) is 12.2. The van der Waals surface area contributed by atoms with Crippen molar-refractivity contribution in [2.75, 3.05) is 13.2 Å². The summed E-state index contributed by atoms with van der Waals surface area (Å²) in [6, 6.07) is 10.2. The van der Waals surface area contributed by atoms with Crippen LogP contribution < -0.4 is 10.1 Å². The Morgan fingerprint density at radius 1 is 1.24 bits per heavy atom. The Morgan fingerprint density at radius 3 is 2.68 bits per heavy atom. The highest BCUT2D eigenvalue weighted by Crippen LogP contribution is 2.72. The number of carbonyl (C=O) groups is 1. The Morgan fingerprint density at radius 2 is 2.00 bits per heavy atom. The number of nitrogens with one attached hydrogen (secondary N) is 1. The molecule has 1 aromatic carbocycles. The highest BCUT2D eigenvalue weighted by atomic mass is 16.6. The van der Waals surface area contributed by atoms with Gasteiger partial charge in [-0.3, -0.25) is 4.79 Å². The number of carbonyl (C=O) groups excluding carboxylic acids is 1. The number of hydrogen-bond acceptors (Lipinski definition) is 5. The lowest BCUT2D eigenvalue weighted by atomic mass is 9.84. The molecule has 1 aromatic heterocycles. The molecule has 1 N–H and O–H groups in total. The Labute approximate surface area is 146 Å². The molecule has 1 spiro atoms. The molecule has 1 atom stereocenters.